The molecule has 0 spiro atoms. The molecule has 2 N–H and O–H groups in total. The first-order chi connectivity index (χ1) is 14.1. The molecule has 0 radical (unpaired) electrons. The predicted octanol–water partition coefficient (Wildman–Crippen LogP) is 4.45. The van der Waals surface area contributed by atoms with Crippen LogP contribution in [0.2, 0.25) is 0 Å². The van der Waals surface area contributed by atoms with Gasteiger partial charge in [0.2, 0.25) is 0 Å². The number of hydrogen-bond acceptors (Lipinski definition) is 5. The van der Waals surface area contributed by atoms with E-state index in [4.69, 9.17) is 14.4 Å². The van der Waals surface area contributed by atoms with Crippen LogP contribution in [0.25, 0.3) is 22.4 Å². The molecule has 0 aliphatic carbocycles. The number of aromatic nitrogens is 4. The van der Waals surface area contributed by atoms with Gasteiger partial charge in [0.1, 0.15) is 0 Å². The summed E-state index contributed by atoms with van der Waals surface area (Å²) < 4.78 is 37.2. The predicted molar refractivity (Wildman–Crippen MR) is 102 cm³/mol. The molecule has 0 unspecified atom stereocenters. The average molecular weight is 418 g/mol. The number of rotatable bonds is 3. The Morgan fingerprint density at radius 2 is 1.93 bits per heavy atom. The Balaban J connectivity index is 0.000000318. The van der Waals surface area contributed by atoms with Gasteiger partial charge in [0.05, 0.1) is 6.42 Å². The Labute approximate surface area is 168 Å². The molecular formula is C20H17F3N4O3. The van der Waals surface area contributed by atoms with Gasteiger partial charge in [0.25, 0.3) is 5.89 Å². The van der Waals surface area contributed by atoms with Crippen molar-refractivity contribution in [1.29, 1.82) is 0 Å². The van der Waals surface area contributed by atoms with Gasteiger partial charge in [-0.2, -0.15) is 18.2 Å². The maximum Gasteiger partial charge on any atom is 0.490 e. The molecule has 0 aliphatic rings. The van der Waals surface area contributed by atoms with Crippen LogP contribution in [0, 0.1) is 13.8 Å². The molecular weight excluding hydrogens is 401 g/mol. The van der Waals surface area contributed by atoms with Crippen LogP contribution < -0.4 is 0 Å². The largest absolute Gasteiger partial charge is 0.490 e. The molecule has 0 bridgehead atoms. The number of carbonyl (C=O) groups is 1. The second-order valence-electron chi connectivity index (χ2n) is 6.45. The van der Waals surface area contributed by atoms with Gasteiger partial charge in [-0.3, -0.25) is 4.98 Å². The van der Waals surface area contributed by atoms with Crippen LogP contribution in [0.5, 0.6) is 0 Å². The minimum absolute atomic E-state index is 0.538. The molecule has 7 nitrogen and oxygen atoms in total. The summed E-state index contributed by atoms with van der Waals surface area (Å²) in [5.41, 5.74) is 5.40. The number of H-pyrrole nitrogens is 1. The van der Waals surface area contributed by atoms with Gasteiger partial charge in [0.15, 0.2) is 5.82 Å². The number of carboxylic acids is 1. The third kappa shape index (κ3) is 4.83. The Hall–Kier alpha value is -3.69. The van der Waals surface area contributed by atoms with Crippen molar-refractivity contribution in [3.8, 4) is 11.5 Å². The molecule has 0 amide bonds. The van der Waals surface area contributed by atoms with Crippen LogP contribution in [0.15, 0.2) is 47.1 Å². The van der Waals surface area contributed by atoms with E-state index in [0.29, 0.717) is 18.1 Å². The third-order valence-corrected chi connectivity index (χ3v) is 4.33. The SMILES string of the molecule is Cc1[nH]c2ccc(-c3nc(Cc4ccccn4)no3)cc2c1C.O=C(O)C(F)(F)F. The minimum Gasteiger partial charge on any atom is -0.475 e. The zero-order valence-electron chi connectivity index (χ0n) is 16.0. The summed E-state index contributed by atoms with van der Waals surface area (Å²) in [5, 5.41) is 12.4. The number of aliphatic carboxylic acids is 1. The molecule has 4 aromatic rings. The Morgan fingerprint density at radius 1 is 1.20 bits per heavy atom. The standard InChI is InChI=1S/C18H16N4O.C2HF3O2/c1-11-12(2)20-16-7-6-13(9-15(11)16)18-21-17(22-23-18)10-14-5-3-4-8-19-14;3-2(4,5)1(6)7/h3-9,20H,10H2,1-2H3;(H,6,7). The number of benzene rings is 1. The summed E-state index contributed by atoms with van der Waals surface area (Å²) in [7, 11) is 0. The number of aromatic amines is 1. The number of carboxylic acid groups (broad SMARTS) is 1. The fourth-order valence-electron chi connectivity index (χ4n) is 2.70. The summed E-state index contributed by atoms with van der Waals surface area (Å²) in [4.78, 5) is 21.0. The van der Waals surface area contributed by atoms with Gasteiger partial charge in [-0.05, 0) is 49.7 Å². The Morgan fingerprint density at radius 3 is 2.57 bits per heavy atom. The molecule has 4 rings (SSSR count). The lowest BCUT2D eigenvalue weighted by atomic mass is 10.1. The zero-order valence-corrected chi connectivity index (χ0v) is 16.0. The van der Waals surface area contributed by atoms with E-state index in [-0.39, 0.29) is 0 Å². The fourth-order valence-corrected chi connectivity index (χ4v) is 2.70. The Kier molecular flexibility index (Phi) is 5.86. The minimum atomic E-state index is -5.08. The van der Waals surface area contributed by atoms with Crippen molar-refractivity contribution in [2.45, 2.75) is 26.4 Å². The molecule has 30 heavy (non-hydrogen) atoms. The van der Waals surface area contributed by atoms with Crippen LogP contribution in [-0.4, -0.2) is 37.4 Å². The van der Waals surface area contributed by atoms with Crippen LogP contribution >= 0.6 is 0 Å². The first-order valence-electron chi connectivity index (χ1n) is 8.77. The molecule has 0 aliphatic heterocycles. The van der Waals surface area contributed by atoms with Crippen molar-refractivity contribution >= 4 is 16.9 Å². The number of aryl methyl sites for hydroxylation is 2. The number of fused-ring (bicyclic) bond motifs is 1. The number of nitrogens with zero attached hydrogens (tertiary/aromatic N) is 3. The Bertz CT molecular complexity index is 1170. The topological polar surface area (TPSA) is 105 Å². The van der Waals surface area contributed by atoms with E-state index >= 15 is 0 Å². The summed E-state index contributed by atoms with van der Waals surface area (Å²) in [6.07, 6.45) is -2.75. The lowest BCUT2D eigenvalue weighted by Crippen LogP contribution is -2.21. The first kappa shape index (κ1) is 21.0. The third-order valence-electron chi connectivity index (χ3n) is 4.33. The highest BCUT2D eigenvalue weighted by atomic mass is 19.4. The van der Waals surface area contributed by atoms with Crippen LogP contribution in [0.3, 0.4) is 0 Å². The van der Waals surface area contributed by atoms with E-state index in [1.807, 2.05) is 30.3 Å². The van der Waals surface area contributed by atoms with Crippen molar-refractivity contribution in [2.24, 2.45) is 0 Å². The maximum absolute atomic E-state index is 10.6. The van der Waals surface area contributed by atoms with Crippen molar-refractivity contribution < 1.29 is 27.6 Å². The molecule has 0 saturated heterocycles. The summed E-state index contributed by atoms with van der Waals surface area (Å²) >= 11 is 0. The summed E-state index contributed by atoms with van der Waals surface area (Å²) in [5.74, 6) is -1.58. The number of hydrogen-bond donors (Lipinski definition) is 2. The van der Waals surface area contributed by atoms with Crippen molar-refractivity contribution in [1.82, 2.24) is 20.1 Å². The number of pyridine rings is 1. The van der Waals surface area contributed by atoms with E-state index < -0.39 is 12.1 Å². The lowest BCUT2D eigenvalue weighted by molar-refractivity contribution is -0.192. The van der Waals surface area contributed by atoms with Gasteiger partial charge in [0, 0.05) is 34.1 Å². The molecule has 0 saturated carbocycles. The molecule has 1 aromatic carbocycles. The lowest BCUT2D eigenvalue weighted by Gasteiger charge is -1.96. The zero-order chi connectivity index (χ0) is 21.9. The summed E-state index contributed by atoms with van der Waals surface area (Å²) in [6, 6.07) is 11.9. The number of nitrogens with one attached hydrogen (secondary N) is 1. The highest BCUT2D eigenvalue weighted by Crippen LogP contribution is 2.27. The van der Waals surface area contributed by atoms with Gasteiger partial charge >= 0.3 is 12.1 Å². The number of alkyl halides is 3. The van der Waals surface area contributed by atoms with E-state index in [1.165, 1.54) is 16.6 Å². The average Bonchev–Trinajstić information content (AvgIpc) is 3.27. The maximum atomic E-state index is 10.6. The van der Waals surface area contributed by atoms with E-state index in [0.717, 1.165) is 16.8 Å². The van der Waals surface area contributed by atoms with E-state index in [2.05, 4.69) is 40.0 Å². The van der Waals surface area contributed by atoms with Crippen molar-refractivity contribution in [3.63, 3.8) is 0 Å². The van der Waals surface area contributed by atoms with E-state index in [1.54, 1.807) is 6.20 Å². The molecule has 10 heteroatoms. The first-order valence-corrected chi connectivity index (χ1v) is 8.77. The van der Waals surface area contributed by atoms with Gasteiger partial charge in [-0.15, -0.1) is 0 Å². The van der Waals surface area contributed by atoms with Crippen molar-refractivity contribution in [3.05, 3.63) is 65.4 Å². The summed E-state index contributed by atoms with van der Waals surface area (Å²) in [6.45, 7) is 4.19. The van der Waals surface area contributed by atoms with Gasteiger partial charge < -0.3 is 14.6 Å². The smallest absolute Gasteiger partial charge is 0.475 e. The monoisotopic (exact) mass is 418 g/mol. The second kappa shape index (κ2) is 8.36. The highest BCUT2D eigenvalue weighted by molar-refractivity contribution is 5.87. The van der Waals surface area contributed by atoms with Crippen molar-refractivity contribution in [2.75, 3.05) is 0 Å². The van der Waals surface area contributed by atoms with Crippen LogP contribution in [-0.2, 0) is 11.2 Å². The molecule has 156 valence electrons. The van der Waals surface area contributed by atoms with Gasteiger partial charge in [-0.25, -0.2) is 4.79 Å². The number of halogens is 3. The van der Waals surface area contributed by atoms with Crippen LogP contribution in [0.1, 0.15) is 22.8 Å². The quantitative estimate of drug-likeness (QED) is 0.509. The van der Waals surface area contributed by atoms with E-state index in [9.17, 15) is 13.2 Å². The second-order valence-corrected chi connectivity index (χ2v) is 6.45. The molecule has 3 heterocycles. The fraction of sp³-hybridized carbons (Fsp3) is 0.200. The molecule has 0 fully saturated rings. The molecule has 0 atom stereocenters. The highest BCUT2D eigenvalue weighted by Gasteiger charge is 2.38. The normalized spacial score (nSPS) is 11.2. The van der Waals surface area contributed by atoms with Crippen LogP contribution in [0.4, 0.5) is 13.2 Å². The van der Waals surface area contributed by atoms with Gasteiger partial charge in [-0.1, -0.05) is 11.2 Å². The molecule has 3 aromatic heterocycles.